The first-order chi connectivity index (χ1) is 12.0. The van der Waals surface area contributed by atoms with Crippen molar-refractivity contribution in [3.05, 3.63) is 42.2 Å². The summed E-state index contributed by atoms with van der Waals surface area (Å²) in [5, 5.41) is 9.53. The largest absolute Gasteiger partial charge is 0.491 e. The predicted octanol–water partition coefficient (Wildman–Crippen LogP) is 1.85. The molecular weight excluding hydrogens is 329 g/mol. The van der Waals surface area contributed by atoms with Gasteiger partial charge < -0.3 is 19.5 Å². The number of morpholine rings is 1. The Hall–Kier alpha value is -2.41. The second kappa shape index (κ2) is 7.23. The van der Waals surface area contributed by atoms with E-state index in [1.807, 2.05) is 0 Å². The number of hydrogen-bond acceptors (Lipinski definition) is 4. The fourth-order valence-electron chi connectivity index (χ4n) is 3.12. The van der Waals surface area contributed by atoms with Crippen LogP contribution in [0.15, 0.2) is 36.4 Å². The van der Waals surface area contributed by atoms with E-state index in [-0.39, 0.29) is 43.8 Å². The van der Waals surface area contributed by atoms with Gasteiger partial charge in [0.15, 0.2) is 5.41 Å². The molecule has 1 aromatic rings. The highest BCUT2D eigenvalue weighted by atomic mass is 19.1. The number of carbonyl (C=O) groups excluding carboxylic acids is 1. The number of carboxylic acid groups (broad SMARTS) is 1. The van der Waals surface area contributed by atoms with Crippen LogP contribution in [0.1, 0.15) is 12.8 Å². The van der Waals surface area contributed by atoms with E-state index in [1.165, 1.54) is 24.3 Å². The van der Waals surface area contributed by atoms with Crippen LogP contribution < -0.4 is 4.74 Å². The second-order valence-electron chi connectivity index (χ2n) is 6.28. The molecule has 0 spiro atoms. The quantitative estimate of drug-likeness (QED) is 0.649. The number of nitrogens with zero attached hydrogens (tertiary/aromatic N) is 1. The molecule has 3 rings (SSSR count). The van der Waals surface area contributed by atoms with Gasteiger partial charge in [-0.2, -0.15) is 0 Å². The summed E-state index contributed by atoms with van der Waals surface area (Å²) in [6.07, 6.45) is 3.55. The number of allylic oxidation sites excluding steroid dienone is 2. The number of ether oxygens (including phenoxy) is 2. The molecule has 1 saturated heterocycles. The van der Waals surface area contributed by atoms with Gasteiger partial charge in [0.05, 0.1) is 13.2 Å². The van der Waals surface area contributed by atoms with Crippen LogP contribution >= 0.6 is 0 Å². The van der Waals surface area contributed by atoms with E-state index in [0.717, 1.165) is 0 Å². The topological polar surface area (TPSA) is 76.1 Å². The van der Waals surface area contributed by atoms with Crippen molar-refractivity contribution in [3.63, 3.8) is 0 Å². The third kappa shape index (κ3) is 3.66. The molecule has 2 aliphatic rings. The van der Waals surface area contributed by atoms with Crippen molar-refractivity contribution < 1.29 is 28.6 Å². The van der Waals surface area contributed by atoms with E-state index >= 15 is 0 Å². The van der Waals surface area contributed by atoms with Crippen molar-refractivity contribution in [2.45, 2.75) is 18.9 Å². The molecule has 1 heterocycles. The summed E-state index contributed by atoms with van der Waals surface area (Å²) in [5.41, 5.74) is -1.39. The average Bonchev–Trinajstić information content (AvgIpc) is 3.12. The third-order valence-electron chi connectivity index (χ3n) is 4.59. The summed E-state index contributed by atoms with van der Waals surface area (Å²) in [7, 11) is 0. The van der Waals surface area contributed by atoms with E-state index in [4.69, 9.17) is 9.47 Å². The van der Waals surface area contributed by atoms with Gasteiger partial charge in [-0.1, -0.05) is 12.2 Å². The van der Waals surface area contributed by atoms with Crippen molar-refractivity contribution in [3.8, 4) is 5.75 Å². The third-order valence-corrected chi connectivity index (χ3v) is 4.59. The first kappa shape index (κ1) is 17.4. The van der Waals surface area contributed by atoms with Gasteiger partial charge in [0.1, 0.15) is 24.3 Å². The van der Waals surface area contributed by atoms with Crippen molar-refractivity contribution in [1.29, 1.82) is 0 Å². The van der Waals surface area contributed by atoms with Crippen LogP contribution in [-0.2, 0) is 14.3 Å². The lowest BCUT2D eigenvalue weighted by molar-refractivity contribution is -0.164. The normalized spacial score (nSPS) is 22.0. The van der Waals surface area contributed by atoms with E-state index in [9.17, 15) is 19.1 Å². The minimum atomic E-state index is -1.39. The van der Waals surface area contributed by atoms with Crippen molar-refractivity contribution in [1.82, 2.24) is 4.90 Å². The van der Waals surface area contributed by atoms with Gasteiger partial charge in [-0.15, -0.1) is 0 Å². The van der Waals surface area contributed by atoms with Crippen molar-refractivity contribution in [2.24, 2.45) is 5.41 Å². The SMILES string of the molecule is O=C(O)C1(C(=O)N2CCOC(COc3ccc(F)cc3)C2)CC=CC1. The van der Waals surface area contributed by atoms with E-state index in [0.29, 0.717) is 18.9 Å². The molecule has 1 N–H and O–H groups in total. The lowest BCUT2D eigenvalue weighted by atomic mass is 9.83. The summed E-state index contributed by atoms with van der Waals surface area (Å²) in [6.45, 7) is 1.16. The Bertz CT molecular complexity index is 665. The van der Waals surface area contributed by atoms with Crippen molar-refractivity contribution in [2.75, 3.05) is 26.3 Å². The van der Waals surface area contributed by atoms with E-state index < -0.39 is 11.4 Å². The fraction of sp³-hybridized carbons (Fsp3) is 0.444. The van der Waals surface area contributed by atoms with Crippen LogP contribution in [0.3, 0.4) is 0 Å². The van der Waals surface area contributed by atoms with Gasteiger partial charge in [-0.25, -0.2) is 4.39 Å². The molecule has 25 heavy (non-hydrogen) atoms. The van der Waals surface area contributed by atoms with Gasteiger partial charge in [0.25, 0.3) is 0 Å². The van der Waals surface area contributed by atoms with Crippen LogP contribution in [0.4, 0.5) is 4.39 Å². The molecule has 0 aromatic heterocycles. The predicted molar refractivity (Wildman–Crippen MR) is 86.7 cm³/mol. The highest BCUT2D eigenvalue weighted by molar-refractivity contribution is 6.02. The molecule has 0 radical (unpaired) electrons. The minimum absolute atomic E-state index is 0.202. The Morgan fingerprint density at radius 2 is 1.96 bits per heavy atom. The highest BCUT2D eigenvalue weighted by Crippen LogP contribution is 2.36. The summed E-state index contributed by atoms with van der Waals surface area (Å²) >= 11 is 0. The number of carboxylic acids is 1. The smallest absolute Gasteiger partial charge is 0.319 e. The molecule has 1 aromatic carbocycles. The second-order valence-corrected chi connectivity index (χ2v) is 6.28. The van der Waals surface area contributed by atoms with Gasteiger partial charge in [0, 0.05) is 6.54 Å². The van der Waals surface area contributed by atoms with E-state index in [1.54, 1.807) is 17.1 Å². The Labute approximate surface area is 144 Å². The van der Waals surface area contributed by atoms with Gasteiger partial charge >= 0.3 is 5.97 Å². The highest BCUT2D eigenvalue weighted by Gasteiger charge is 2.49. The number of amides is 1. The summed E-state index contributed by atoms with van der Waals surface area (Å²) < 4.78 is 24.1. The Morgan fingerprint density at radius 1 is 1.28 bits per heavy atom. The van der Waals surface area contributed by atoms with Crippen LogP contribution in [0.25, 0.3) is 0 Å². The maximum absolute atomic E-state index is 12.9. The number of halogens is 1. The van der Waals surface area contributed by atoms with Crippen molar-refractivity contribution >= 4 is 11.9 Å². The zero-order valence-electron chi connectivity index (χ0n) is 13.7. The zero-order valence-corrected chi connectivity index (χ0v) is 13.7. The van der Waals surface area contributed by atoms with Gasteiger partial charge in [0.2, 0.25) is 5.91 Å². The minimum Gasteiger partial charge on any atom is -0.491 e. The molecule has 1 amide bonds. The number of aliphatic carboxylic acids is 1. The average molecular weight is 349 g/mol. The zero-order chi connectivity index (χ0) is 17.9. The lowest BCUT2D eigenvalue weighted by Gasteiger charge is -2.37. The maximum Gasteiger partial charge on any atom is 0.319 e. The Kier molecular flexibility index (Phi) is 5.03. The molecule has 1 fully saturated rings. The first-order valence-corrected chi connectivity index (χ1v) is 8.19. The number of benzene rings is 1. The molecule has 7 heteroatoms. The maximum atomic E-state index is 12.9. The molecule has 0 saturated carbocycles. The summed E-state index contributed by atoms with van der Waals surface area (Å²) in [5.74, 6) is -1.30. The van der Waals surface area contributed by atoms with Crippen LogP contribution in [0, 0.1) is 11.2 Å². The number of rotatable bonds is 5. The van der Waals surface area contributed by atoms with Gasteiger partial charge in [-0.3, -0.25) is 9.59 Å². The first-order valence-electron chi connectivity index (χ1n) is 8.19. The molecule has 1 atom stereocenters. The molecule has 1 unspecified atom stereocenters. The fourth-order valence-corrected chi connectivity index (χ4v) is 3.12. The number of carbonyl (C=O) groups is 2. The molecule has 1 aliphatic carbocycles. The van der Waals surface area contributed by atoms with Crippen LogP contribution in [-0.4, -0.2) is 54.3 Å². The van der Waals surface area contributed by atoms with Crippen LogP contribution in [0.2, 0.25) is 0 Å². The lowest BCUT2D eigenvalue weighted by Crippen LogP contribution is -2.54. The molecule has 0 bridgehead atoms. The molecular formula is C18H20FNO5. The Morgan fingerprint density at radius 3 is 2.60 bits per heavy atom. The molecule has 1 aliphatic heterocycles. The molecule has 6 nitrogen and oxygen atoms in total. The number of hydrogen-bond donors (Lipinski definition) is 1. The van der Waals surface area contributed by atoms with E-state index in [2.05, 4.69) is 0 Å². The monoisotopic (exact) mass is 349 g/mol. The Balaban J connectivity index is 1.59. The van der Waals surface area contributed by atoms with Crippen LogP contribution in [0.5, 0.6) is 5.75 Å². The standard InChI is InChI=1S/C18H20FNO5/c19-13-3-5-14(6-4-13)25-12-15-11-20(9-10-24-15)16(21)18(17(22)23)7-1-2-8-18/h1-6,15H,7-12H2,(H,22,23). The molecule has 134 valence electrons. The van der Waals surface area contributed by atoms with Gasteiger partial charge in [-0.05, 0) is 37.1 Å². The summed E-state index contributed by atoms with van der Waals surface area (Å²) in [4.78, 5) is 26.0. The summed E-state index contributed by atoms with van der Waals surface area (Å²) in [6, 6.07) is 5.64.